The quantitative estimate of drug-likeness (QED) is 0.496. The molecule has 0 radical (unpaired) electrons. The van der Waals surface area contributed by atoms with Gasteiger partial charge >= 0.3 is 0 Å². The van der Waals surface area contributed by atoms with Crippen molar-refractivity contribution in [3.63, 3.8) is 0 Å². The van der Waals surface area contributed by atoms with Crippen molar-refractivity contribution < 1.29 is 23.8 Å². The van der Waals surface area contributed by atoms with Gasteiger partial charge in [0.15, 0.2) is 0 Å². The van der Waals surface area contributed by atoms with Crippen molar-refractivity contribution >= 4 is 17.3 Å². The van der Waals surface area contributed by atoms with E-state index < -0.39 is 17.8 Å². The van der Waals surface area contributed by atoms with Crippen molar-refractivity contribution in [3.8, 4) is 0 Å². The molecule has 2 aromatic heterocycles. The van der Waals surface area contributed by atoms with Gasteiger partial charge in [-0.2, -0.15) is 5.10 Å². The van der Waals surface area contributed by atoms with Gasteiger partial charge in [-0.1, -0.05) is 12.1 Å². The molecule has 2 fully saturated rings. The van der Waals surface area contributed by atoms with Crippen LogP contribution in [0.5, 0.6) is 0 Å². The number of aliphatic hydroxyl groups excluding tert-OH is 1. The van der Waals surface area contributed by atoms with Crippen LogP contribution in [0.4, 0.5) is 4.39 Å². The highest BCUT2D eigenvalue weighted by molar-refractivity contribution is 5.98. The molecule has 2 amide bonds. The summed E-state index contributed by atoms with van der Waals surface area (Å²) in [6, 6.07) is 4.69. The number of carbonyl (C=O) groups excluding carboxylic acids is 2. The third-order valence-corrected chi connectivity index (χ3v) is 6.97. The fourth-order valence-corrected chi connectivity index (χ4v) is 5.13. The maximum Gasteiger partial charge on any atom is 0.275 e. The van der Waals surface area contributed by atoms with Crippen molar-refractivity contribution in [3.05, 3.63) is 69.7 Å². The largest absolute Gasteiger partial charge is 0.394 e. The number of aromatic nitrogens is 3. The summed E-state index contributed by atoms with van der Waals surface area (Å²) >= 11 is 0. The van der Waals surface area contributed by atoms with Crippen LogP contribution in [-0.2, 0) is 9.53 Å². The zero-order valence-electron chi connectivity index (χ0n) is 19.1. The number of likely N-dealkylation sites (tertiary alicyclic amines) is 1. The van der Waals surface area contributed by atoms with Crippen molar-refractivity contribution in [2.24, 2.45) is 5.92 Å². The molecule has 0 bridgehead atoms. The number of piperidine rings is 1. The summed E-state index contributed by atoms with van der Waals surface area (Å²) in [7, 11) is 0. The number of halogens is 1. The molecule has 4 unspecified atom stereocenters. The second kappa shape index (κ2) is 9.23. The minimum absolute atomic E-state index is 0.173. The Morgan fingerprint density at radius 3 is 2.83 bits per heavy atom. The van der Waals surface area contributed by atoms with Gasteiger partial charge in [0.2, 0.25) is 5.91 Å². The topological polar surface area (TPSA) is 129 Å². The van der Waals surface area contributed by atoms with Gasteiger partial charge in [-0.25, -0.2) is 8.91 Å². The molecule has 10 nitrogen and oxygen atoms in total. The Hall–Kier alpha value is -3.57. The standard InChI is InChI=1S/C24H26FN5O5/c1-13-17(10-30-21(13)23(33)26-12-27-30)24(34)29-9-15(8-20-19(29)6-7-35-20)22(32)28-18(11-31)14-2-4-16(25)5-3-14/h2-5,10,12,15,18-20,31H,6-9,11H2,1H3,(H,28,32)(H,26,27,33). The predicted octanol–water partition coefficient (Wildman–Crippen LogP) is 0.940. The Bertz CT molecular complexity index is 1320. The van der Waals surface area contributed by atoms with Crippen LogP contribution in [0.2, 0.25) is 0 Å². The number of fused-ring (bicyclic) bond motifs is 2. The fourth-order valence-electron chi connectivity index (χ4n) is 5.13. The number of benzene rings is 1. The number of ether oxygens (including phenoxy) is 1. The number of hydrogen-bond donors (Lipinski definition) is 3. The number of hydrogen-bond acceptors (Lipinski definition) is 6. The second-order valence-electron chi connectivity index (χ2n) is 9.03. The monoisotopic (exact) mass is 483 g/mol. The highest BCUT2D eigenvalue weighted by Crippen LogP contribution is 2.33. The number of aromatic amines is 1. The fraction of sp³-hybridized carbons (Fsp3) is 0.417. The highest BCUT2D eigenvalue weighted by Gasteiger charge is 2.45. The SMILES string of the molecule is Cc1c(C(=O)N2CC(C(=O)NC(CO)c3ccc(F)cc3)CC3OCCC32)cn2nc[nH]c(=O)c12. The summed E-state index contributed by atoms with van der Waals surface area (Å²) in [5.74, 6) is -1.58. The predicted molar refractivity (Wildman–Crippen MR) is 122 cm³/mol. The summed E-state index contributed by atoms with van der Waals surface area (Å²) in [5, 5.41) is 16.7. The maximum atomic E-state index is 13.7. The lowest BCUT2D eigenvalue weighted by Gasteiger charge is -2.40. The molecule has 2 aliphatic heterocycles. The van der Waals surface area contributed by atoms with Crippen molar-refractivity contribution in [1.82, 2.24) is 24.8 Å². The number of carbonyl (C=O) groups is 2. The van der Waals surface area contributed by atoms with Crippen molar-refractivity contribution in [2.45, 2.75) is 38.0 Å². The van der Waals surface area contributed by atoms with Crippen LogP contribution in [0.15, 0.2) is 41.6 Å². The first kappa shape index (κ1) is 23.2. The Morgan fingerprint density at radius 1 is 1.34 bits per heavy atom. The number of H-pyrrole nitrogens is 1. The van der Waals surface area contributed by atoms with E-state index in [0.29, 0.717) is 41.7 Å². The van der Waals surface area contributed by atoms with E-state index in [1.165, 1.54) is 41.3 Å². The first-order valence-electron chi connectivity index (χ1n) is 11.5. The number of nitrogens with one attached hydrogen (secondary N) is 2. The van der Waals surface area contributed by atoms with E-state index in [4.69, 9.17) is 4.74 Å². The summed E-state index contributed by atoms with van der Waals surface area (Å²) in [6.07, 6.45) is 3.61. The maximum absolute atomic E-state index is 13.7. The molecule has 0 aliphatic carbocycles. The van der Waals surface area contributed by atoms with Crippen LogP contribution in [0.1, 0.15) is 40.4 Å². The van der Waals surface area contributed by atoms with E-state index in [9.17, 15) is 23.9 Å². The molecular formula is C24H26FN5O5. The smallest absolute Gasteiger partial charge is 0.275 e. The minimum atomic E-state index is -0.703. The number of nitrogens with zero attached hydrogens (tertiary/aromatic N) is 3. The van der Waals surface area contributed by atoms with E-state index >= 15 is 0 Å². The third kappa shape index (κ3) is 4.21. The second-order valence-corrected chi connectivity index (χ2v) is 9.03. The van der Waals surface area contributed by atoms with Gasteiger partial charge in [-0.15, -0.1) is 0 Å². The average Bonchev–Trinajstić information content (AvgIpc) is 3.47. The molecule has 2 aliphatic rings. The molecular weight excluding hydrogens is 457 g/mol. The first-order chi connectivity index (χ1) is 16.9. The van der Waals surface area contributed by atoms with Gasteiger partial charge in [0.1, 0.15) is 17.7 Å². The summed E-state index contributed by atoms with van der Waals surface area (Å²) in [6.45, 7) is 2.00. The molecule has 0 saturated carbocycles. The van der Waals surface area contributed by atoms with E-state index in [1.807, 2.05) is 0 Å². The number of aliphatic hydroxyl groups is 1. The van der Waals surface area contributed by atoms with Gasteiger partial charge in [0.05, 0.1) is 36.3 Å². The van der Waals surface area contributed by atoms with E-state index in [-0.39, 0.29) is 42.7 Å². The van der Waals surface area contributed by atoms with Crippen LogP contribution in [0.25, 0.3) is 5.52 Å². The Kier molecular flexibility index (Phi) is 6.12. The Morgan fingerprint density at radius 2 is 2.11 bits per heavy atom. The van der Waals surface area contributed by atoms with E-state index in [2.05, 4.69) is 15.4 Å². The van der Waals surface area contributed by atoms with Gasteiger partial charge in [0, 0.05) is 19.3 Å². The molecule has 35 heavy (non-hydrogen) atoms. The lowest BCUT2D eigenvalue weighted by molar-refractivity contribution is -0.129. The van der Waals surface area contributed by atoms with Crippen LogP contribution in [0, 0.1) is 18.7 Å². The average molecular weight is 484 g/mol. The van der Waals surface area contributed by atoms with E-state index in [0.717, 1.165) is 0 Å². The molecule has 2 saturated heterocycles. The zero-order chi connectivity index (χ0) is 24.7. The molecule has 4 atom stereocenters. The summed E-state index contributed by atoms with van der Waals surface area (Å²) in [4.78, 5) is 43.3. The van der Waals surface area contributed by atoms with Crippen LogP contribution >= 0.6 is 0 Å². The van der Waals surface area contributed by atoms with Crippen molar-refractivity contribution in [1.29, 1.82) is 0 Å². The summed E-state index contributed by atoms with van der Waals surface area (Å²) in [5.41, 5.74) is 1.40. The molecule has 11 heteroatoms. The molecule has 5 rings (SSSR count). The lowest BCUT2D eigenvalue weighted by Crippen LogP contribution is -2.55. The van der Waals surface area contributed by atoms with Gasteiger partial charge < -0.3 is 25.0 Å². The van der Waals surface area contributed by atoms with Gasteiger partial charge in [-0.05, 0) is 43.0 Å². The number of rotatable bonds is 5. The first-order valence-corrected chi connectivity index (χ1v) is 11.5. The summed E-state index contributed by atoms with van der Waals surface area (Å²) < 4.78 is 20.5. The molecule has 184 valence electrons. The lowest BCUT2D eigenvalue weighted by atomic mass is 9.88. The normalized spacial score (nSPS) is 22.7. The van der Waals surface area contributed by atoms with Crippen LogP contribution in [-0.4, -0.2) is 68.3 Å². The Balaban J connectivity index is 1.39. The minimum Gasteiger partial charge on any atom is -0.394 e. The Labute approximate surface area is 199 Å². The third-order valence-electron chi connectivity index (χ3n) is 6.97. The molecule has 3 aromatic rings. The number of amides is 2. The molecule has 4 heterocycles. The van der Waals surface area contributed by atoms with Gasteiger partial charge in [-0.3, -0.25) is 14.4 Å². The molecule has 0 spiro atoms. The van der Waals surface area contributed by atoms with Gasteiger partial charge in [0.25, 0.3) is 11.5 Å². The van der Waals surface area contributed by atoms with Crippen LogP contribution < -0.4 is 10.9 Å². The van der Waals surface area contributed by atoms with Crippen molar-refractivity contribution in [2.75, 3.05) is 19.8 Å². The number of aryl methyl sites for hydroxylation is 1. The molecule has 3 N–H and O–H groups in total. The van der Waals surface area contributed by atoms with Crippen LogP contribution in [0.3, 0.4) is 0 Å². The highest BCUT2D eigenvalue weighted by atomic mass is 19.1. The zero-order valence-corrected chi connectivity index (χ0v) is 19.1. The molecule has 1 aromatic carbocycles. The van der Waals surface area contributed by atoms with E-state index in [1.54, 1.807) is 11.8 Å².